The van der Waals surface area contributed by atoms with Crippen molar-refractivity contribution >= 4 is 0 Å². The van der Waals surface area contributed by atoms with Crippen molar-refractivity contribution in [3.05, 3.63) is 53.3 Å². The largest absolute Gasteiger partial charge is 0.483 e. The van der Waals surface area contributed by atoms with Crippen molar-refractivity contribution < 1.29 is 13.9 Å². The molecule has 0 spiro atoms. The van der Waals surface area contributed by atoms with Crippen LogP contribution in [0.3, 0.4) is 0 Å². The summed E-state index contributed by atoms with van der Waals surface area (Å²) < 4.78 is 25.3. The Morgan fingerprint density at radius 2 is 2.10 bits per heavy atom. The van der Waals surface area contributed by atoms with Crippen molar-refractivity contribution in [2.24, 2.45) is 5.73 Å². The molecule has 0 saturated heterocycles. The summed E-state index contributed by atoms with van der Waals surface area (Å²) in [6, 6.07) is 10.3. The van der Waals surface area contributed by atoms with Gasteiger partial charge in [-0.25, -0.2) is 4.39 Å². The third-order valence-corrected chi connectivity index (χ3v) is 3.45. The molecule has 0 fully saturated rings. The summed E-state index contributed by atoms with van der Waals surface area (Å²) in [5.74, 6) is 1.41. The first kappa shape index (κ1) is 13.9. The molecule has 4 heteroatoms. The van der Waals surface area contributed by atoms with Gasteiger partial charge in [0.25, 0.3) is 0 Å². The topological polar surface area (TPSA) is 44.5 Å². The molecule has 1 heterocycles. The van der Waals surface area contributed by atoms with E-state index >= 15 is 0 Å². The molecular weight excluding hydrogens is 269 g/mol. The molecule has 1 aliphatic rings. The SMILES string of the molecule is CC1(C)Cc2cccc(Oc3cc(F)cc(CN)c3)c2O1. The fourth-order valence-corrected chi connectivity index (χ4v) is 2.59. The van der Waals surface area contributed by atoms with Crippen molar-refractivity contribution in [1.29, 1.82) is 0 Å². The molecule has 2 aromatic carbocycles. The van der Waals surface area contributed by atoms with E-state index in [-0.39, 0.29) is 18.0 Å². The summed E-state index contributed by atoms with van der Waals surface area (Å²) in [4.78, 5) is 0. The minimum Gasteiger partial charge on any atom is -0.483 e. The second-order valence-electron chi connectivity index (χ2n) is 5.88. The van der Waals surface area contributed by atoms with E-state index in [1.54, 1.807) is 6.07 Å². The minimum absolute atomic E-state index is 0.244. The molecule has 0 aromatic heterocycles. The quantitative estimate of drug-likeness (QED) is 0.934. The molecule has 0 unspecified atom stereocenters. The van der Waals surface area contributed by atoms with Gasteiger partial charge >= 0.3 is 0 Å². The van der Waals surface area contributed by atoms with E-state index in [2.05, 4.69) is 0 Å². The second kappa shape index (κ2) is 5.04. The zero-order valence-electron chi connectivity index (χ0n) is 12.2. The summed E-state index contributed by atoms with van der Waals surface area (Å²) in [5.41, 5.74) is 7.11. The van der Waals surface area contributed by atoms with Crippen LogP contribution < -0.4 is 15.2 Å². The highest BCUT2D eigenvalue weighted by Crippen LogP contribution is 2.43. The first-order valence-electron chi connectivity index (χ1n) is 6.95. The van der Waals surface area contributed by atoms with Crippen LogP contribution in [0.1, 0.15) is 25.0 Å². The molecule has 110 valence electrons. The van der Waals surface area contributed by atoms with Crippen LogP contribution in [0.25, 0.3) is 0 Å². The standard InChI is InChI=1S/C17H18FNO2/c1-17(2)9-12-4-3-5-15(16(12)21-17)20-14-7-11(10-19)6-13(18)8-14/h3-8H,9-10,19H2,1-2H3. The predicted molar refractivity (Wildman–Crippen MR) is 79.2 cm³/mol. The maximum absolute atomic E-state index is 13.5. The predicted octanol–water partition coefficient (Wildman–Crippen LogP) is 3.79. The highest BCUT2D eigenvalue weighted by Gasteiger charge is 2.32. The summed E-state index contributed by atoms with van der Waals surface area (Å²) in [6.45, 7) is 4.33. The van der Waals surface area contributed by atoms with Crippen molar-refractivity contribution in [2.45, 2.75) is 32.4 Å². The summed E-state index contributed by atoms with van der Waals surface area (Å²) >= 11 is 0. The molecule has 0 bridgehead atoms. The molecule has 3 nitrogen and oxygen atoms in total. The Balaban J connectivity index is 1.94. The van der Waals surface area contributed by atoms with Crippen LogP contribution >= 0.6 is 0 Å². The van der Waals surface area contributed by atoms with Gasteiger partial charge in [-0.05, 0) is 37.6 Å². The third kappa shape index (κ3) is 2.85. The van der Waals surface area contributed by atoms with E-state index < -0.39 is 0 Å². The lowest BCUT2D eigenvalue weighted by Crippen LogP contribution is -2.24. The lowest BCUT2D eigenvalue weighted by Gasteiger charge is -2.18. The number of rotatable bonds is 3. The Hall–Kier alpha value is -2.07. The highest BCUT2D eigenvalue weighted by molar-refractivity contribution is 5.52. The molecule has 0 aliphatic carbocycles. The zero-order valence-corrected chi connectivity index (χ0v) is 12.2. The number of fused-ring (bicyclic) bond motifs is 1. The fourth-order valence-electron chi connectivity index (χ4n) is 2.59. The van der Waals surface area contributed by atoms with Gasteiger partial charge in [-0.15, -0.1) is 0 Å². The Labute approximate surface area is 123 Å². The average molecular weight is 287 g/mol. The molecule has 2 aromatic rings. The van der Waals surface area contributed by atoms with E-state index in [0.717, 1.165) is 17.7 Å². The molecule has 0 radical (unpaired) electrons. The Bertz CT molecular complexity index is 682. The highest BCUT2D eigenvalue weighted by atomic mass is 19.1. The molecule has 1 aliphatic heterocycles. The molecule has 21 heavy (non-hydrogen) atoms. The first-order chi connectivity index (χ1) is 9.97. The fraction of sp³-hybridized carbons (Fsp3) is 0.294. The van der Waals surface area contributed by atoms with Crippen molar-refractivity contribution in [2.75, 3.05) is 0 Å². The number of ether oxygens (including phenoxy) is 2. The smallest absolute Gasteiger partial charge is 0.169 e. The molecule has 3 rings (SSSR count). The number of hydrogen-bond donors (Lipinski definition) is 1. The molecule has 0 amide bonds. The van der Waals surface area contributed by atoms with Crippen molar-refractivity contribution in [3.8, 4) is 17.2 Å². The van der Waals surface area contributed by atoms with Crippen LogP contribution in [0, 0.1) is 5.82 Å². The Kier molecular flexibility index (Phi) is 3.33. The normalized spacial score (nSPS) is 15.4. The Morgan fingerprint density at radius 1 is 1.29 bits per heavy atom. The van der Waals surface area contributed by atoms with E-state index in [4.69, 9.17) is 15.2 Å². The zero-order chi connectivity index (χ0) is 15.0. The van der Waals surface area contributed by atoms with Crippen LogP contribution in [0.2, 0.25) is 0 Å². The number of para-hydroxylation sites is 1. The summed E-state index contributed by atoms with van der Waals surface area (Å²) in [6.07, 6.45) is 0.830. The third-order valence-electron chi connectivity index (χ3n) is 3.45. The van der Waals surface area contributed by atoms with Crippen LogP contribution in [0.15, 0.2) is 36.4 Å². The minimum atomic E-state index is -0.359. The van der Waals surface area contributed by atoms with Crippen LogP contribution in [-0.4, -0.2) is 5.60 Å². The van der Waals surface area contributed by atoms with Gasteiger partial charge in [0.15, 0.2) is 11.5 Å². The van der Waals surface area contributed by atoms with E-state index in [1.165, 1.54) is 12.1 Å². The molecular formula is C17H18FNO2. The van der Waals surface area contributed by atoms with E-state index in [1.807, 2.05) is 32.0 Å². The lowest BCUT2D eigenvalue weighted by atomic mass is 10.0. The van der Waals surface area contributed by atoms with E-state index in [0.29, 0.717) is 17.1 Å². The van der Waals surface area contributed by atoms with Gasteiger partial charge in [-0.1, -0.05) is 12.1 Å². The van der Waals surface area contributed by atoms with Gasteiger partial charge in [-0.3, -0.25) is 0 Å². The summed E-state index contributed by atoms with van der Waals surface area (Å²) in [7, 11) is 0. The van der Waals surface area contributed by atoms with Gasteiger partial charge in [0.05, 0.1) is 0 Å². The molecule has 0 atom stereocenters. The van der Waals surface area contributed by atoms with Crippen LogP contribution in [0.5, 0.6) is 17.2 Å². The monoisotopic (exact) mass is 287 g/mol. The maximum Gasteiger partial charge on any atom is 0.169 e. The van der Waals surface area contributed by atoms with E-state index in [9.17, 15) is 4.39 Å². The van der Waals surface area contributed by atoms with Crippen LogP contribution in [-0.2, 0) is 13.0 Å². The van der Waals surface area contributed by atoms with Crippen molar-refractivity contribution in [3.63, 3.8) is 0 Å². The first-order valence-corrected chi connectivity index (χ1v) is 6.95. The van der Waals surface area contributed by atoms with Crippen LogP contribution in [0.4, 0.5) is 4.39 Å². The molecule has 0 saturated carbocycles. The number of benzene rings is 2. The van der Waals surface area contributed by atoms with Gasteiger partial charge in [0.2, 0.25) is 0 Å². The second-order valence-corrected chi connectivity index (χ2v) is 5.88. The number of halogens is 1. The Morgan fingerprint density at radius 3 is 2.86 bits per heavy atom. The van der Waals surface area contributed by atoms with Gasteiger partial charge in [0.1, 0.15) is 17.2 Å². The van der Waals surface area contributed by atoms with Gasteiger partial charge in [-0.2, -0.15) is 0 Å². The maximum atomic E-state index is 13.5. The lowest BCUT2D eigenvalue weighted by molar-refractivity contribution is 0.135. The number of nitrogens with two attached hydrogens (primary N) is 1. The van der Waals surface area contributed by atoms with Gasteiger partial charge < -0.3 is 15.2 Å². The number of hydrogen-bond acceptors (Lipinski definition) is 3. The van der Waals surface area contributed by atoms with Gasteiger partial charge in [0, 0.05) is 24.6 Å². The molecule has 2 N–H and O–H groups in total. The summed E-state index contributed by atoms with van der Waals surface area (Å²) in [5, 5.41) is 0. The van der Waals surface area contributed by atoms with Crippen molar-refractivity contribution in [1.82, 2.24) is 0 Å². The average Bonchev–Trinajstić information content (AvgIpc) is 2.73.